The maximum absolute atomic E-state index is 12.0. The molecule has 6 heteroatoms. The second-order valence-electron chi connectivity index (χ2n) is 4.72. The molecule has 98 valence electrons. The van der Waals surface area contributed by atoms with Gasteiger partial charge in [-0.1, -0.05) is 12.8 Å². The Kier molecular flexibility index (Phi) is 3.22. The Labute approximate surface area is 110 Å². The van der Waals surface area contributed by atoms with Gasteiger partial charge in [0.15, 0.2) is 5.82 Å². The van der Waals surface area contributed by atoms with Crippen molar-refractivity contribution in [1.82, 2.24) is 19.7 Å². The summed E-state index contributed by atoms with van der Waals surface area (Å²) >= 11 is 0. The van der Waals surface area contributed by atoms with E-state index in [9.17, 15) is 4.79 Å². The third-order valence-corrected chi connectivity index (χ3v) is 3.39. The summed E-state index contributed by atoms with van der Waals surface area (Å²) in [5.74, 6) is 0.944. The minimum Gasteiger partial charge on any atom is -0.324 e. The van der Waals surface area contributed by atoms with Crippen LogP contribution in [0.2, 0.25) is 0 Å². The molecule has 2 aromatic rings. The molecule has 0 unspecified atom stereocenters. The molecule has 0 aliphatic heterocycles. The van der Waals surface area contributed by atoms with Crippen molar-refractivity contribution in [2.75, 3.05) is 5.32 Å². The van der Waals surface area contributed by atoms with E-state index < -0.39 is 0 Å². The van der Waals surface area contributed by atoms with Crippen LogP contribution in [0.15, 0.2) is 31.0 Å². The topological polar surface area (TPSA) is 72.7 Å². The van der Waals surface area contributed by atoms with E-state index in [4.69, 9.17) is 0 Å². The van der Waals surface area contributed by atoms with Crippen molar-refractivity contribution in [3.05, 3.63) is 31.0 Å². The van der Waals surface area contributed by atoms with Gasteiger partial charge in [0, 0.05) is 5.92 Å². The van der Waals surface area contributed by atoms with Gasteiger partial charge < -0.3 is 5.32 Å². The van der Waals surface area contributed by atoms with E-state index in [1.807, 2.05) is 6.07 Å². The minimum absolute atomic E-state index is 0.104. The maximum atomic E-state index is 12.0. The number of carbonyl (C=O) groups is 1. The van der Waals surface area contributed by atoms with Gasteiger partial charge in [0.05, 0.1) is 11.9 Å². The fraction of sp³-hybridized carbons (Fsp3) is 0.385. The fourth-order valence-electron chi connectivity index (χ4n) is 2.35. The highest BCUT2D eigenvalue weighted by Crippen LogP contribution is 2.25. The van der Waals surface area contributed by atoms with Crippen molar-refractivity contribution in [2.24, 2.45) is 5.92 Å². The molecule has 0 spiro atoms. The van der Waals surface area contributed by atoms with Gasteiger partial charge in [0.25, 0.3) is 0 Å². The number of amides is 1. The average Bonchev–Trinajstić information content (AvgIpc) is 3.13. The summed E-state index contributed by atoms with van der Waals surface area (Å²) in [6.45, 7) is 0. The van der Waals surface area contributed by atoms with Crippen LogP contribution in [0.5, 0.6) is 0 Å². The predicted molar refractivity (Wildman–Crippen MR) is 69.7 cm³/mol. The zero-order valence-corrected chi connectivity index (χ0v) is 10.5. The normalized spacial score (nSPS) is 15.6. The molecule has 0 radical (unpaired) electrons. The van der Waals surface area contributed by atoms with E-state index in [-0.39, 0.29) is 11.8 Å². The Morgan fingerprint density at radius 2 is 2.16 bits per heavy atom. The van der Waals surface area contributed by atoms with Crippen molar-refractivity contribution in [3.8, 4) is 5.82 Å². The number of anilines is 1. The first kappa shape index (κ1) is 11.8. The van der Waals surface area contributed by atoms with Gasteiger partial charge in [-0.3, -0.25) is 4.79 Å². The lowest BCUT2D eigenvalue weighted by Gasteiger charge is -2.10. The number of nitrogens with one attached hydrogen (secondary N) is 1. The zero-order chi connectivity index (χ0) is 13.1. The molecule has 0 atom stereocenters. The minimum atomic E-state index is 0.104. The second kappa shape index (κ2) is 5.17. The summed E-state index contributed by atoms with van der Waals surface area (Å²) in [7, 11) is 0. The Hall–Kier alpha value is -2.24. The van der Waals surface area contributed by atoms with Crippen LogP contribution in [0.25, 0.3) is 5.82 Å². The summed E-state index contributed by atoms with van der Waals surface area (Å²) in [4.78, 5) is 20.1. The van der Waals surface area contributed by atoms with Gasteiger partial charge in [-0.05, 0) is 25.0 Å². The van der Waals surface area contributed by atoms with Crippen molar-refractivity contribution in [3.63, 3.8) is 0 Å². The molecule has 1 amide bonds. The van der Waals surface area contributed by atoms with E-state index in [0.717, 1.165) is 31.4 Å². The molecule has 1 aliphatic rings. The van der Waals surface area contributed by atoms with E-state index in [2.05, 4.69) is 20.4 Å². The van der Waals surface area contributed by atoms with Crippen molar-refractivity contribution in [2.45, 2.75) is 25.7 Å². The summed E-state index contributed by atoms with van der Waals surface area (Å²) in [6.07, 6.45) is 8.98. The van der Waals surface area contributed by atoms with Crippen LogP contribution in [0.3, 0.4) is 0 Å². The van der Waals surface area contributed by atoms with Gasteiger partial charge in [-0.2, -0.15) is 5.10 Å². The molecule has 0 aromatic carbocycles. The van der Waals surface area contributed by atoms with Gasteiger partial charge in [0.2, 0.25) is 5.91 Å². The molecule has 2 aromatic heterocycles. The number of aromatic nitrogens is 4. The highest BCUT2D eigenvalue weighted by molar-refractivity contribution is 5.92. The summed E-state index contributed by atoms with van der Waals surface area (Å²) < 4.78 is 1.57. The van der Waals surface area contributed by atoms with Crippen molar-refractivity contribution >= 4 is 11.6 Å². The number of pyridine rings is 1. The molecular formula is C13H15N5O. The molecule has 0 bridgehead atoms. The van der Waals surface area contributed by atoms with Crippen LogP contribution in [0.4, 0.5) is 5.69 Å². The number of hydrogen-bond donors (Lipinski definition) is 1. The average molecular weight is 257 g/mol. The Bertz CT molecular complexity index is 543. The first-order chi connectivity index (χ1) is 9.33. The quantitative estimate of drug-likeness (QED) is 0.909. The highest BCUT2D eigenvalue weighted by atomic mass is 16.1. The number of hydrogen-bond acceptors (Lipinski definition) is 4. The standard InChI is InChI=1S/C13H15N5O/c19-13(10-3-1-2-4-10)17-11-5-6-12(15-7-11)18-9-14-8-16-18/h5-10H,1-4H2,(H,17,19). The van der Waals surface area contributed by atoms with E-state index in [1.54, 1.807) is 23.3 Å². The van der Waals surface area contributed by atoms with Crippen molar-refractivity contribution in [1.29, 1.82) is 0 Å². The third-order valence-electron chi connectivity index (χ3n) is 3.39. The SMILES string of the molecule is O=C(Nc1ccc(-n2cncn2)nc1)C1CCCC1. The lowest BCUT2D eigenvalue weighted by Crippen LogP contribution is -2.20. The number of nitrogens with zero attached hydrogens (tertiary/aromatic N) is 4. The van der Waals surface area contributed by atoms with E-state index >= 15 is 0 Å². The molecule has 0 saturated heterocycles. The van der Waals surface area contributed by atoms with E-state index in [0.29, 0.717) is 5.82 Å². The van der Waals surface area contributed by atoms with Crippen LogP contribution in [-0.4, -0.2) is 25.7 Å². The Morgan fingerprint density at radius 3 is 2.79 bits per heavy atom. The van der Waals surface area contributed by atoms with Crippen LogP contribution >= 0.6 is 0 Å². The predicted octanol–water partition coefficient (Wildman–Crippen LogP) is 1.79. The fourth-order valence-corrected chi connectivity index (χ4v) is 2.35. The first-order valence-corrected chi connectivity index (χ1v) is 6.45. The summed E-state index contributed by atoms with van der Waals surface area (Å²) in [5.41, 5.74) is 0.723. The number of rotatable bonds is 3. The molecule has 3 rings (SSSR count). The largest absolute Gasteiger partial charge is 0.324 e. The Balaban J connectivity index is 1.67. The third kappa shape index (κ3) is 2.62. The van der Waals surface area contributed by atoms with Gasteiger partial charge >= 0.3 is 0 Å². The lowest BCUT2D eigenvalue weighted by molar-refractivity contribution is -0.119. The maximum Gasteiger partial charge on any atom is 0.227 e. The highest BCUT2D eigenvalue weighted by Gasteiger charge is 2.22. The summed E-state index contributed by atoms with van der Waals surface area (Å²) in [5, 5.41) is 6.91. The summed E-state index contributed by atoms with van der Waals surface area (Å²) in [6, 6.07) is 3.63. The smallest absolute Gasteiger partial charge is 0.227 e. The molecule has 1 N–H and O–H groups in total. The van der Waals surface area contributed by atoms with Crippen LogP contribution < -0.4 is 5.32 Å². The monoisotopic (exact) mass is 257 g/mol. The Morgan fingerprint density at radius 1 is 1.32 bits per heavy atom. The van der Waals surface area contributed by atoms with Gasteiger partial charge in [-0.15, -0.1) is 0 Å². The lowest BCUT2D eigenvalue weighted by atomic mass is 10.1. The molecule has 19 heavy (non-hydrogen) atoms. The molecule has 6 nitrogen and oxygen atoms in total. The molecule has 1 fully saturated rings. The van der Waals surface area contributed by atoms with E-state index in [1.165, 1.54) is 6.33 Å². The van der Waals surface area contributed by atoms with Gasteiger partial charge in [-0.25, -0.2) is 14.6 Å². The molecule has 1 aliphatic carbocycles. The number of carbonyl (C=O) groups excluding carboxylic acids is 1. The van der Waals surface area contributed by atoms with Crippen LogP contribution in [-0.2, 0) is 4.79 Å². The zero-order valence-electron chi connectivity index (χ0n) is 10.5. The first-order valence-electron chi connectivity index (χ1n) is 6.45. The van der Waals surface area contributed by atoms with Crippen LogP contribution in [0.1, 0.15) is 25.7 Å². The molecular weight excluding hydrogens is 242 g/mol. The van der Waals surface area contributed by atoms with Crippen LogP contribution in [0, 0.1) is 5.92 Å². The molecule has 2 heterocycles. The van der Waals surface area contributed by atoms with Gasteiger partial charge in [0.1, 0.15) is 12.7 Å². The second-order valence-corrected chi connectivity index (χ2v) is 4.72. The van der Waals surface area contributed by atoms with Crippen molar-refractivity contribution < 1.29 is 4.79 Å². The molecule has 1 saturated carbocycles.